The van der Waals surface area contributed by atoms with E-state index in [2.05, 4.69) is 16.1 Å². The van der Waals surface area contributed by atoms with Gasteiger partial charge in [0, 0.05) is 50.5 Å². The van der Waals surface area contributed by atoms with Gasteiger partial charge in [-0.3, -0.25) is 34.1 Å². The molecule has 2 aliphatic heterocycles. The summed E-state index contributed by atoms with van der Waals surface area (Å²) < 4.78 is 39.1. The zero-order chi connectivity index (χ0) is 32.4. The van der Waals surface area contributed by atoms with Crippen LogP contribution < -0.4 is 16.1 Å². The molecule has 4 unspecified atom stereocenters. The Morgan fingerprint density at radius 1 is 1.23 bits per heavy atom. The van der Waals surface area contributed by atoms with Crippen LogP contribution in [0.4, 0.5) is 10.5 Å². The fourth-order valence-corrected chi connectivity index (χ4v) is 6.16. The smallest absolute Gasteiger partial charge is 0.410 e. The number of benzene rings is 1. The van der Waals surface area contributed by atoms with Gasteiger partial charge in [-0.2, -0.15) is 13.4 Å². The lowest BCUT2D eigenvalue weighted by atomic mass is 10.2. The fourth-order valence-electron chi connectivity index (χ4n) is 4.46. The minimum absolute atomic E-state index is 0.0570. The number of nitro groups is 1. The summed E-state index contributed by atoms with van der Waals surface area (Å²) in [4.78, 5) is 61.0. The molecule has 3 rings (SSSR count). The maximum atomic E-state index is 12.9. The van der Waals surface area contributed by atoms with Crippen molar-refractivity contribution in [1.29, 1.82) is 0 Å². The standard InChI is InChI=1S/C25H36N6O11S2/c1-16(24(34)27-11-22(33)28-30-9-8-26-12-23(30)41-17(2)32)43-15-20-10-21(42-44(3,38)39)13-29(20)25(35)40-14-18-4-6-19(7-5-18)31(36)37/h4-7,16,20-21,23,26H,8-15H2,1-3H3,(H,27,34)(H,28,33). The van der Waals surface area contributed by atoms with Gasteiger partial charge in [-0.05, 0) is 31.0 Å². The number of likely N-dealkylation sites (tertiary alicyclic amines) is 1. The van der Waals surface area contributed by atoms with Gasteiger partial charge in [0.2, 0.25) is 5.91 Å². The number of non-ortho nitro benzene ring substituents is 1. The number of nitrogens with zero attached hydrogens (tertiary/aromatic N) is 3. The van der Waals surface area contributed by atoms with E-state index in [1.165, 1.54) is 52.9 Å². The molecule has 2 aliphatic rings. The fraction of sp³-hybridized carbons (Fsp3) is 0.600. The molecule has 19 heteroatoms. The first-order chi connectivity index (χ1) is 20.7. The molecule has 1 aromatic rings. The largest absolute Gasteiger partial charge is 0.445 e. The lowest BCUT2D eigenvalue weighted by Crippen LogP contribution is -2.60. The van der Waals surface area contributed by atoms with Crippen LogP contribution in [0, 0.1) is 10.1 Å². The number of hydrogen-bond acceptors (Lipinski definition) is 14. The molecule has 2 heterocycles. The van der Waals surface area contributed by atoms with Crippen LogP contribution in [-0.2, 0) is 44.8 Å². The van der Waals surface area contributed by atoms with Crippen molar-refractivity contribution in [2.75, 3.05) is 44.7 Å². The summed E-state index contributed by atoms with van der Waals surface area (Å²) in [6, 6.07) is 4.97. The number of nitrogens with one attached hydrogen (secondary N) is 3. The van der Waals surface area contributed by atoms with Gasteiger partial charge >= 0.3 is 12.1 Å². The van der Waals surface area contributed by atoms with Crippen molar-refractivity contribution in [3.05, 3.63) is 39.9 Å². The van der Waals surface area contributed by atoms with Crippen LogP contribution in [0.15, 0.2) is 24.3 Å². The first-order valence-electron chi connectivity index (χ1n) is 13.6. The number of esters is 1. The number of ether oxygens (including phenoxy) is 2. The molecule has 1 aromatic carbocycles. The van der Waals surface area contributed by atoms with Crippen LogP contribution in [0.2, 0.25) is 0 Å². The highest BCUT2D eigenvalue weighted by molar-refractivity contribution is 8.00. The molecule has 244 valence electrons. The molecule has 2 fully saturated rings. The maximum absolute atomic E-state index is 12.9. The third-order valence-electron chi connectivity index (χ3n) is 6.53. The number of amides is 3. The minimum Gasteiger partial charge on any atom is -0.445 e. The highest BCUT2D eigenvalue weighted by Gasteiger charge is 2.39. The molecular formula is C25H36N6O11S2. The summed E-state index contributed by atoms with van der Waals surface area (Å²) in [7, 11) is -3.80. The predicted octanol–water partition coefficient (Wildman–Crippen LogP) is -0.286. The summed E-state index contributed by atoms with van der Waals surface area (Å²) in [5.41, 5.74) is 3.04. The van der Waals surface area contributed by atoms with Gasteiger partial charge in [0.15, 0.2) is 6.23 Å². The summed E-state index contributed by atoms with van der Waals surface area (Å²) in [5, 5.41) is 17.3. The summed E-state index contributed by atoms with van der Waals surface area (Å²) in [6.45, 7) is 3.64. The summed E-state index contributed by atoms with van der Waals surface area (Å²) in [5.74, 6) is -1.20. The van der Waals surface area contributed by atoms with Crippen LogP contribution >= 0.6 is 11.8 Å². The first kappa shape index (κ1) is 35.0. The maximum Gasteiger partial charge on any atom is 0.410 e. The number of hydrogen-bond donors (Lipinski definition) is 3. The SMILES string of the molecule is CC(=O)OC1CNCCN1NC(=O)CNC(=O)C(C)SCC1CC(OS(C)(=O)=O)CN1C(=O)OCc1ccc([N+](=O)[O-])cc1. The number of carbonyl (C=O) groups is 4. The molecule has 3 amide bonds. The van der Waals surface area contributed by atoms with Gasteiger partial charge in [-0.25, -0.2) is 4.79 Å². The molecule has 0 radical (unpaired) electrons. The van der Waals surface area contributed by atoms with Crippen LogP contribution in [-0.4, -0.2) is 115 Å². The Labute approximate surface area is 258 Å². The highest BCUT2D eigenvalue weighted by Crippen LogP contribution is 2.27. The molecule has 4 atom stereocenters. The van der Waals surface area contributed by atoms with Crippen LogP contribution in [0.25, 0.3) is 0 Å². The van der Waals surface area contributed by atoms with Crippen molar-refractivity contribution >= 4 is 51.4 Å². The second kappa shape index (κ2) is 16.0. The normalized spacial score (nSPS) is 21.2. The Morgan fingerprint density at radius 2 is 1.93 bits per heavy atom. The zero-order valence-corrected chi connectivity index (χ0v) is 26.1. The third kappa shape index (κ3) is 11.2. The van der Waals surface area contributed by atoms with E-state index >= 15 is 0 Å². The molecule has 17 nitrogen and oxygen atoms in total. The molecule has 0 saturated carbocycles. The van der Waals surface area contributed by atoms with Gasteiger partial charge in [-0.1, -0.05) is 0 Å². The van der Waals surface area contributed by atoms with E-state index in [0.29, 0.717) is 25.2 Å². The van der Waals surface area contributed by atoms with Crippen LogP contribution in [0.5, 0.6) is 0 Å². The van der Waals surface area contributed by atoms with E-state index in [4.69, 9.17) is 13.7 Å². The van der Waals surface area contributed by atoms with E-state index in [-0.39, 0.29) is 37.6 Å². The van der Waals surface area contributed by atoms with Crippen molar-refractivity contribution in [2.24, 2.45) is 0 Å². The lowest BCUT2D eigenvalue weighted by molar-refractivity contribution is -0.384. The first-order valence-corrected chi connectivity index (χ1v) is 16.5. The quantitative estimate of drug-likeness (QED) is 0.107. The van der Waals surface area contributed by atoms with Gasteiger partial charge in [-0.15, -0.1) is 11.8 Å². The topological polar surface area (TPSA) is 216 Å². The highest BCUT2D eigenvalue weighted by atomic mass is 32.2. The summed E-state index contributed by atoms with van der Waals surface area (Å²) in [6.07, 6.45) is -1.13. The van der Waals surface area contributed by atoms with Gasteiger partial charge in [0.25, 0.3) is 21.7 Å². The zero-order valence-electron chi connectivity index (χ0n) is 24.4. The second-order valence-corrected chi connectivity index (χ2v) is 13.1. The van der Waals surface area contributed by atoms with Gasteiger partial charge < -0.3 is 25.0 Å². The molecule has 0 aromatic heterocycles. The van der Waals surface area contributed by atoms with E-state index in [9.17, 15) is 37.7 Å². The van der Waals surface area contributed by atoms with Crippen LogP contribution in [0.3, 0.4) is 0 Å². The Bertz CT molecular complexity index is 1310. The van der Waals surface area contributed by atoms with Crippen molar-refractivity contribution in [3.63, 3.8) is 0 Å². The molecule has 0 aliphatic carbocycles. The number of piperazine rings is 1. The van der Waals surface area contributed by atoms with E-state index in [1.807, 2.05) is 0 Å². The molecule has 44 heavy (non-hydrogen) atoms. The molecule has 0 spiro atoms. The number of thioether (sulfide) groups is 1. The Hall–Kier alpha value is -3.52. The molecule has 0 bridgehead atoms. The number of rotatable bonds is 13. The lowest BCUT2D eigenvalue weighted by Gasteiger charge is -2.34. The van der Waals surface area contributed by atoms with E-state index in [0.717, 1.165) is 6.26 Å². The Balaban J connectivity index is 1.51. The predicted molar refractivity (Wildman–Crippen MR) is 156 cm³/mol. The van der Waals surface area contributed by atoms with Crippen LogP contribution in [0.1, 0.15) is 25.8 Å². The number of hydrazine groups is 1. The van der Waals surface area contributed by atoms with Gasteiger partial charge in [0.1, 0.15) is 6.61 Å². The van der Waals surface area contributed by atoms with Crippen molar-refractivity contribution < 1.29 is 46.2 Å². The average molecular weight is 661 g/mol. The van der Waals surface area contributed by atoms with Crippen molar-refractivity contribution in [1.82, 2.24) is 26.0 Å². The van der Waals surface area contributed by atoms with Crippen molar-refractivity contribution in [2.45, 2.75) is 50.5 Å². The average Bonchev–Trinajstić information content (AvgIpc) is 3.35. The molecule has 2 saturated heterocycles. The Kier molecular flexibility index (Phi) is 12.7. The monoisotopic (exact) mass is 660 g/mol. The van der Waals surface area contributed by atoms with E-state index < -0.39 is 62.5 Å². The minimum atomic E-state index is -3.80. The third-order valence-corrected chi connectivity index (χ3v) is 8.44. The van der Waals surface area contributed by atoms with Crippen molar-refractivity contribution in [3.8, 4) is 0 Å². The molecule has 3 N–H and O–H groups in total. The number of nitro benzene ring substituents is 1. The van der Waals surface area contributed by atoms with Gasteiger partial charge in [0.05, 0.1) is 35.6 Å². The second-order valence-electron chi connectivity index (χ2n) is 10.1. The Morgan fingerprint density at radius 3 is 2.57 bits per heavy atom. The van der Waals surface area contributed by atoms with E-state index in [1.54, 1.807) is 6.92 Å². The summed E-state index contributed by atoms with van der Waals surface area (Å²) >= 11 is 1.20. The molecular weight excluding hydrogens is 624 g/mol. The number of carbonyl (C=O) groups excluding carboxylic acids is 4.